The molecular weight excluding hydrogens is 518 g/mol. The number of hydrogen-bond acceptors (Lipinski definition) is 7. The lowest BCUT2D eigenvalue weighted by atomic mass is 10.1. The lowest BCUT2D eigenvalue weighted by Gasteiger charge is -2.12. The van der Waals surface area contributed by atoms with Crippen LogP contribution in [-0.4, -0.2) is 37.3 Å². The summed E-state index contributed by atoms with van der Waals surface area (Å²) in [6.45, 7) is 1.38. The second-order valence-electron chi connectivity index (χ2n) is 7.94. The van der Waals surface area contributed by atoms with Crippen molar-refractivity contribution in [1.29, 1.82) is 0 Å². The molecule has 0 aliphatic rings. The molecular formula is C25H20F2N6O4S. The van der Waals surface area contributed by atoms with Crippen LogP contribution in [0.25, 0.3) is 5.69 Å². The minimum atomic E-state index is -0.562. The summed E-state index contributed by atoms with van der Waals surface area (Å²) in [4.78, 5) is 35.9. The van der Waals surface area contributed by atoms with E-state index in [2.05, 4.69) is 20.8 Å². The van der Waals surface area contributed by atoms with Crippen LogP contribution >= 0.6 is 11.8 Å². The molecule has 3 aromatic carbocycles. The Morgan fingerprint density at radius 3 is 2.32 bits per heavy atom. The van der Waals surface area contributed by atoms with Crippen molar-refractivity contribution >= 4 is 35.0 Å². The topological polar surface area (TPSA) is 132 Å². The molecule has 0 spiro atoms. The summed E-state index contributed by atoms with van der Waals surface area (Å²) in [5.74, 6) is -1.57. The van der Waals surface area contributed by atoms with Gasteiger partial charge in [-0.15, -0.1) is 10.2 Å². The van der Waals surface area contributed by atoms with Crippen LogP contribution in [0.1, 0.15) is 21.7 Å². The maximum absolute atomic E-state index is 13.6. The predicted octanol–water partition coefficient (Wildman–Crippen LogP) is 4.42. The summed E-state index contributed by atoms with van der Waals surface area (Å²) in [7, 11) is 0. The summed E-state index contributed by atoms with van der Waals surface area (Å²) in [6, 6.07) is 15.0. The van der Waals surface area contributed by atoms with Crippen molar-refractivity contribution < 1.29 is 23.3 Å². The molecule has 0 bridgehead atoms. The number of nitro groups is 1. The van der Waals surface area contributed by atoms with Gasteiger partial charge in [-0.3, -0.25) is 24.3 Å². The molecule has 0 atom stereocenters. The number of carbonyl (C=O) groups excluding carboxylic acids is 2. The largest absolute Gasteiger partial charge is 0.345 e. The van der Waals surface area contributed by atoms with Gasteiger partial charge in [0.05, 0.1) is 17.2 Å². The number of nitrogens with one attached hydrogen (secondary N) is 2. The highest BCUT2D eigenvalue weighted by molar-refractivity contribution is 7.99. The van der Waals surface area contributed by atoms with E-state index in [4.69, 9.17) is 0 Å². The van der Waals surface area contributed by atoms with Gasteiger partial charge in [0.2, 0.25) is 5.91 Å². The van der Waals surface area contributed by atoms with E-state index < -0.39 is 22.5 Å². The molecule has 13 heteroatoms. The van der Waals surface area contributed by atoms with Crippen molar-refractivity contribution in [2.24, 2.45) is 0 Å². The van der Waals surface area contributed by atoms with E-state index in [9.17, 15) is 28.5 Å². The normalized spacial score (nSPS) is 10.7. The van der Waals surface area contributed by atoms with Crippen molar-refractivity contribution in [1.82, 2.24) is 20.1 Å². The average Bonchev–Trinajstić information content (AvgIpc) is 3.30. The standard InChI is InChI=1S/C25H20F2N6O4S/c1-15-20(3-2-4-21(15)33(36)37)24(35)28-13-22-30-31-25(32(22)19-11-7-17(27)8-12-19)38-14-23(34)29-18-9-5-16(26)6-10-18/h2-12H,13-14H2,1H3,(H,28,35)(H,29,34). The number of nitrogens with zero attached hydrogens (tertiary/aromatic N) is 4. The lowest BCUT2D eigenvalue weighted by molar-refractivity contribution is -0.385. The molecule has 0 aliphatic heterocycles. The van der Waals surface area contributed by atoms with Crippen LogP contribution in [0.4, 0.5) is 20.2 Å². The van der Waals surface area contributed by atoms with E-state index in [1.807, 2.05) is 0 Å². The summed E-state index contributed by atoms with van der Waals surface area (Å²) < 4.78 is 28.2. The van der Waals surface area contributed by atoms with Gasteiger partial charge < -0.3 is 10.6 Å². The third kappa shape index (κ3) is 6.18. The Morgan fingerprint density at radius 2 is 1.66 bits per heavy atom. The number of nitro benzene ring substituents is 1. The van der Waals surface area contributed by atoms with E-state index in [0.29, 0.717) is 16.5 Å². The Kier molecular flexibility index (Phi) is 8.06. The molecule has 0 radical (unpaired) electrons. The van der Waals surface area contributed by atoms with E-state index in [0.717, 1.165) is 11.8 Å². The van der Waals surface area contributed by atoms with E-state index in [1.54, 1.807) is 4.57 Å². The monoisotopic (exact) mass is 538 g/mol. The first-order valence-electron chi connectivity index (χ1n) is 11.1. The minimum absolute atomic E-state index is 0.0596. The second-order valence-corrected chi connectivity index (χ2v) is 8.89. The molecule has 0 aliphatic carbocycles. The Labute approximate surface area is 219 Å². The smallest absolute Gasteiger partial charge is 0.273 e. The molecule has 2 amide bonds. The molecule has 4 rings (SSSR count). The molecule has 1 heterocycles. The first-order valence-corrected chi connectivity index (χ1v) is 12.1. The van der Waals surface area contributed by atoms with Gasteiger partial charge in [-0.1, -0.05) is 17.8 Å². The van der Waals surface area contributed by atoms with Crippen molar-refractivity contribution in [3.63, 3.8) is 0 Å². The fourth-order valence-corrected chi connectivity index (χ4v) is 4.31. The first-order chi connectivity index (χ1) is 18.2. The highest BCUT2D eigenvalue weighted by Crippen LogP contribution is 2.24. The van der Waals surface area contributed by atoms with Crippen LogP contribution < -0.4 is 10.6 Å². The van der Waals surface area contributed by atoms with Crippen LogP contribution in [0.2, 0.25) is 0 Å². The van der Waals surface area contributed by atoms with Crippen molar-refractivity contribution in [3.05, 3.63) is 105 Å². The van der Waals surface area contributed by atoms with Gasteiger partial charge in [0.25, 0.3) is 11.6 Å². The molecule has 4 aromatic rings. The zero-order chi connectivity index (χ0) is 27.2. The number of hydrogen-bond donors (Lipinski definition) is 2. The maximum Gasteiger partial charge on any atom is 0.273 e. The molecule has 0 fully saturated rings. The fourth-order valence-electron chi connectivity index (χ4n) is 3.54. The summed E-state index contributed by atoms with van der Waals surface area (Å²) in [5.41, 5.74) is 1.10. The molecule has 194 valence electrons. The van der Waals surface area contributed by atoms with Crippen LogP contribution in [0.3, 0.4) is 0 Å². The van der Waals surface area contributed by atoms with Gasteiger partial charge in [0, 0.05) is 28.6 Å². The average molecular weight is 539 g/mol. The van der Waals surface area contributed by atoms with E-state index in [-0.39, 0.29) is 40.8 Å². The Bertz CT molecular complexity index is 1490. The Balaban J connectivity index is 1.52. The number of anilines is 1. The SMILES string of the molecule is Cc1c(C(=O)NCc2nnc(SCC(=O)Nc3ccc(F)cc3)n2-c2ccc(F)cc2)cccc1[N+](=O)[O-]. The predicted molar refractivity (Wildman–Crippen MR) is 136 cm³/mol. The number of carbonyl (C=O) groups is 2. The van der Waals surface area contributed by atoms with Gasteiger partial charge in [0.1, 0.15) is 11.6 Å². The van der Waals surface area contributed by atoms with Crippen LogP contribution in [-0.2, 0) is 11.3 Å². The lowest BCUT2D eigenvalue weighted by Crippen LogP contribution is -2.25. The first kappa shape index (κ1) is 26.4. The summed E-state index contributed by atoms with van der Waals surface area (Å²) in [6.07, 6.45) is 0. The van der Waals surface area contributed by atoms with Crippen molar-refractivity contribution in [2.45, 2.75) is 18.6 Å². The van der Waals surface area contributed by atoms with Gasteiger partial charge in [0.15, 0.2) is 11.0 Å². The number of benzene rings is 3. The zero-order valence-electron chi connectivity index (χ0n) is 19.9. The zero-order valence-corrected chi connectivity index (χ0v) is 20.7. The van der Waals surface area contributed by atoms with Gasteiger partial charge in [-0.05, 0) is 61.5 Å². The van der Waals surface area contributed by atoms with Crippen LogP contribution in [0.15, 0.2) is 71.9 Å². The number of aromatic nitrogens is 3. The highest BCUT2D eigenvalue weighted by atomic mass is 32.2. The number of amides is 2. The molecule has 1 aromatic heterocycles. The second kappa shape index (κ2) is 11.6. The Hall–Kier alpha value is -4.65. The quantitative estimate of drug-likeness (QED) is 0.183. The minimum Gasteiger partial charge on any atom is -0.345 e. The molecule has 0 unspecified atom stereocenters. The van der Waals surface area contributed by atoms with Gasteiger partial charge >= 0.3 is 0 Å². The third-order valence-corrected chi connectivity index (χ3v) is 6.33. The Morgan fingerprint density at radius 1 is 1.00 bits per heavy atom. The molecule has 38 heavy (non-hydrogen) atoms. The van der Waals surface area contributed by atoms with E-state index >= 15 is 0 Å². The maximum atomic E-state index is 13.6. The molecule has 2 N–H and O–H groups in total. The fraction of sp³-hybridized carbons (Fsp3) is 0.120. The third-order valence-electron chi connectivity index (χ3n) is 5.40. The van der Waals surface area contributed by atoms with Crippen LogP contribution in [0, 0.1) is 28.7 Å². The van der Waals surface area contributed by atoms with Crippen molar-refractivity contribution in [3.8, 4) is 5.69 Å². The van der Waals surface area contributed by atoms with Gasteiger partial charge in [-0.2, -0.15) is 0 Å². The summed E-state index contributed by atoms with van der Waals surface area (Å²) in [5, 5.41) is 25.1. The molecule has 0 saturated heterocycles. The molecule has 0 saturated carbocycles. The summed E-state index contributed by atoms with van der Waals surface area (Å²) >= 11 is 1.06. The highest BCUT2D eigenvalue weighted by Gasteiger charge is 2.20. The van der Waals surface area contributed by atoms with E-state index in [1.165, 1.54) is 73.7 Å². The number of halogens is 2. The number of rotatable bonds is 9. The van der Waals surface area contributed by atoms with Crippen LogP contribution in [0.5, 0.6) is 0 Å². The number of thioether (sulfide) groups is 1. The van der Waals surface area contributed by atoms with Gasteiger partial charge in [-0.25, -0.2) is 8.78 Å². The van der Waals surface area contributed by atoms with Crippen molar-refractivity contribution in [2.75, 3.05) is 11.1 Å². The molecule has 10 nitrogen and oxygen atoms in total.